The topological polar surface area (TPSA) is 108 Å². The van der Waals surface area contributed by atoms with E-state index in [1.54, 1.807) is 47.7 Å². The lowest BCUT2D eigenvalue weighted by atomic mass is 9.93. The number of thiazole rings is 1. The maximum atomic E-state index is 9.46. The number of hydrogen-bond acceptors (Lipinski definition) is 6. The summed E-state index contributed by atoms with van der Waals surface area (Å²) in [5, 5.41) is 38.7. The quantitative estimate of drug-likeness (QED) is 0.293. The Morgan fingerprint density at radius 1 is 0.514 bits per heavy atom. The molecule has 5 nitrogen and oxygen atoms in total. The molecule has 0 saturated heterocycles. The Kier molecular flexibility index (Phi) is 5.51. The third-order valence-corrected chi connectivity index (χ3v) is 6.61. The van der Waals surface area contributed by atoms with E-state index in [4.69, 9.17) is 4.98 Å². The lowest BCUT2D eigenvalue weighted by molar-refractivity contribution is 1.43. The number of aromatic nitrogens is 1. The second-order valence-electron chi connectivity index (χ2n) is 7.83. The number of para-hydroxylation sites is 1. The highest BCUT2D eigenvalue weighted by Gasteiger charge is 2.13. The standard InChI is InChI=1S/C29H13N5S/c30-14-18-5-19(15-31)8-22(7-18)24-11-25(23-9-20(16-32)6-21(10-23)17-33)13-26(12-24)29-34-27-3-1-2-4-28(27)35-29/h1-13H. The summed E-state index contributed by atoms with van der Waals surface area (Å²) in [4.78, 5) is 4.80. The van der Waals surface area contributed by atoms with Crippen LogP contribution in [-0.2, 0) is 0 Å². The predicted molar refractivity (Wildman–Crippen MR) is 135 cm³/mol. The molecular weight excluding hydrogens is 450 g/mol. The van der Waals surface area contributed by atoms with E-state index >= 15 is 0 Å². The second-order valence-corrected chi connectivity index (χ2v) is 8.86. The molecule has 5 aromatic rings. The fourth-order valence-corrected chi connectivity index (χ4v) is 4.88. The average molecular weight is 464 g/mol. The minimum Gasteiger partial charge on any atom is -0.236 e. The van der Waals surface area contributed by atoms with Gasteiger partial charge < -0.3 is 0 Å². The lowest BCUT2D eigenvalue weighted by Gasteiger charge is -2.11. The highest BCUT2D eigenvalue weighted by Crippen LogP contribution is 2.37. The van der Waals surface area contributed by atoms with Crippen LogP contribution in [0, 0.1) is 45.3 Å². The predicted octanol–water partition coefficient (Wildman–Crippen LogP) is 6.78. The highest BCUT2D eigenvalue weighted by molar-refractivity contribution is 7.21. The van der Waals surface area contributed by atoms with Gasteiger partial charge in [-0.2, -0.15) is 21.0 Å². The first-order valence-electron chi connectivity index (χ1n) is 10.5. The number of benzene rings is 4. The van der Waals surface area contributed by atoms with Crippen molar-refractivity contribution < 1.29 is 0 Å². The molecule has 0 aliphatic rings. The zero-order valence-corrected chi connectivity index (χ0v) is 19.0. The minimum atomic E-state index is 0.393. The van der Waals surface area contributed by atoms with Crippen molar-refractivity contribution >= 4 is 21.6 Å². The number of rotatable bonds is 3. The van der Waals surface area contributed by atoms with E-state index in [1.807, 2.05) is 42.5 Å². The van der Waals surface area contributed by atoms with Gasteiger partial charge >= 0.3 is 0 Å². The minimum absolute atomic E-state index is 0.393. The van der Waals surface area contributed by atoms with Crippen molar-refractivity contribution in [3.63, 3.8) is 0 Å². The Bertz CT molecular complexity index is 1610. The van der Waals surface area contributed by atoms with Gasteiger partial charge in [0.15, 0.2) is 0 Å². The largest absolute Gasteiger partial charge is 0.236 e. The van der Waals surface area contributed by atoms with Crippen LogP contribution in [0.25, 0.3) is 43.0 Å². The average Bonchev–Trinajstić information content (AvgIpc) is 3.36. The van der Waals surface area contributed by atoms with Gasteiger partial charge in [0.1, 0.15) is 5.01 Å². The normalized spacial score (nSPS) is 10.2. The number of hydrogen-bond donors (Lipinski definition) is 0. The summed E-state index contributed by atoms with van der Waals surface area (Å²) in [6, 6.07) is 32.4. The maximum Gasteiger partial charge on any atom is 0.124 e. The van der Waals surface area contributed by atoms with E-state index < -0.39 is 0 Å². The first-order valence-corrected chi connectivity index (χ1v) is 11.3. The zero-order chi connectivity index (χ0) is 24.4. The van der Waals surface area contributed by atoms with Crippen LogP contribution in [0.1, 0.15) is 22.3 Å². The van der Waals surface area contributed by atoms with Crippen LogP contribution < -0.4 is 0 Å². The van der Waals surface area contributed by atoms with Crippen molar-refractivity contribution in [2.45, 2.75) is 0 Å². The molecule has 0 saturated carbocycles. The van der Waals surface area contributed by atoms with E-state index in [1.165, 1.54) is 0 Å². The summed E-state index contributed by atoms with van der Waals surface area (Å²) in [5.41, 5.74) is 6.37. The molecule has 0 atom stereocenters. The summed E-state index contributed by atoms with van der Waals surface area (Å²) in [6.45, 7) is 0. The molecule has 35 heavy (non-hydrogen) atoms. The highest BCUT2D eigenvalue weighted by atomic mass is 32.1. The monoisotopic (exact) mass is 463 g/mol. The Morgan fingerprint density at radius 2 is 0.943 bits per heavy atom. The van der Waals surface area contributed by atoms with E-state index in [-0.39, 0.29) is 0 Å². The zero-order valence-electron chi connectivity index (χ0n) is 18.1. The Balaban J connectivity index is 1.78. The van der Waals surface area contributed by atoms with Gasteiger partial charge in [-0.05, 0) is 89.0 Å². The Morgan fingerprint density at radius 3 is 1.40 bits per heavy atom. The van der Waals surface area contributed by atoms with E-state index in [2.05, 4.69) is 24.3 Å². The molecule has 0 radical (unpaired) electrons. The van der Waals surface area contributed by atoms with Gasteiger partial charge in [0, 0.05) is 5.56 Å². The summed E-state index contributed by atoms with van der Waals surface area (Å²) in [6.07, 6.45) is 0. The Labute approximate surface area is 205 Å². The van der Waals surface area contributed by atoms with Crippen LogP contribution in [0.15, 0.2) is 78.9 Å². The molecule has 0 fully saturated rings. The van der Waals surface area contributed by atoms with Gasteiger partial charge in [0.05, 0.1) is 56.7 Å². The second kappa shape index (κ2) is 8.93. The molecule has 0 aliphatic carbocycles. The van der Waals surface area contributed by atoms with Crippen LogP contribution in [0.4, 0.5) is 0 Å². The molecule has 0 aliphatic heterocycles. The van der Waals surface area contributed by atoms with E-state index in [0.717, 1.165) is 43.0 Å². The fraction of sp³-hybridized carbons (Fsp3) is 0. The molecule has 1 heterocycles. The molecule has 0 bridgehead atoms. The van der Waals surface area contributed by atoms with Gasteiger partial charge in [-0.1, -0.05) is 12.1 Å². The summed E-state index contributed by atoms with van der Waals surface area (Å²) in [5.74, 6) is 0. The molecule has 6 heteroatoms. The van der Waals surface area contributed by atoms with Crippen LogP contribution in [0.5, 0.6) is 0 Å². The van der Waals surface area contributed by atoms with Gasteiger partial charge in [-0.25, -0.2) is 4.98 Å². The van der Waals surface area contributed by atoms with E-state index in [0.29, 0.717) is 22.3 Å². The molecule has 0 unspecified atom stereocenters. The smallest absolute Gasteiger partial charge is 0.124 e. The van der Waals surface area contributed by atoms with Crippen molar-refractivity contribution in [1.29, 1.82) is 21.0 Å². The molecule has 4 aromatic carbocycles. The van der Waals surface area contributed by atoms with Gasteiger partial charge in [0.25, 0.3) is 0 Å². The first-order chi connectivity index (χ1) is 17.1. The van der Waals surface area contributed by atoms with Crippen molar-refractivity contribution in [3.8, 4) is 57.1 Å². The van der Waals surface area contributed by atoms with Crippen molar-refractivity contribution in [2.75, 3.05) is 0 Å². The summed E-state index contributed by atoms with van der Waals surface area (Å²) >= 11 is 1.57. The van der Waals surface area contributed by atoms with Crippen LogP contribution in [0.3, 0.4) is 0 Å². The van der Waals surface area contributed by atoms with Gasteiger partial charge in [-0.15, -0.1) is 11.3 Å². The molecule has 0 amide bonds. The lowest BCUT2D eigenvalue weighted by Crippen LogP contribution is -1.90. The molecule has 0 N–H and O–H groups in total. The third-order valence-electron chi connectivity index (χ3n) is 5.52. The molecular formula is C29H13N5S. The van der Waals surface area contributed by atoms with Crippen molar-refractivity contribution in [3.05, 3.63) is 101 Å². The van der Waals surface area contributed by atoms with Crippen LogP contribution in [-0.4, -0.2) is 4.98 Å². The molecule has 1 aromatic heterocycles. The number of fused-ring (bicyclic) bond motifs is 1. The Hall–Kier alpha value is -5.27. The third kappa shape index (κ3) is 4.22. The molecule has 5 rings (SSSR count). The fourth-order valence-electron chi connectivity index (χ4n) is 3.93. The van der Waals surface area contributed by atoms with Crippen LogP contribution in [0.2, 0.25) is 0 Å². The first kappa shape index (κ1) is 21.6. The SMILES string of the molecule is N#Cc1cc(C#N)cc(-c2cc(-c3cc(C#N)cc(C#N)c3)cc(-c3nc4ccccc4s3)c2)c1. The molecule has 0 spiro atoms. The van der Waals surface area contributed by atoms with Crippen molar-refractivity contribution in [2.24, 2.45) is 0 Å². The maximum absolute atomic E-state index is 9.46. The van der Waals surface area contributed by atoms with Crippen LogP contribution >= 0.6 is 11.3 Å². The van der Waals surface area contributed by atoms with Crippen molar-refractivity contribution in [1.82, 2.24) is 4.98 Å². The summed E-state index contributed by atoms with van der Waals surface area (Å²) < 4.78 is 1.06. The molecule has 160 valence electrons. The van der Waals surface area contributed by atoms with Gasteiger partial charge in [-0.3, -0.25) is 0 Å². The van der Waals surface area contributed by atoms with Gasteiger partial charge in [0.2, 0.25) is 0 Å². The summed E-state index contributed by atoms with van der Waals surface area (Å²) in [7, 11) is 0. The number of nitriles is 4. The number of nitrogens with zero attached hydrogens (tertiary/aromatic N) is 5. The van der Waals surface area contributed by atoms with E-state index in [9.17, 15) is 21.0 Å².